The maximum atomic E-state index is 5.86. The molecule has 1 atom stereocenters. The van der Waals surface area contributed by atoms with Crippen LogP contribution in [0.25, 0.3) is 0 Å². The molecule has 0 fully saturated rings. The summed E-state index contributed by atoms with van der Waals surface area (Å²) < 4.78 is 11.1. The summed E-state index contributed by atoms with van der Waals surface area (Å²) in [5.41, 5.74) is 0. The smallest absolute Gasteiger partial charge is 0.161 e. The number of hydrogen-bond acceptors (Lipinski definition) is 2. The molecule has 0 N–H and O–H groups in total. The second kappa shape index (κ2) is 7.39. The molecule has 16 heavy (non-hydrogen) atoms. The third-order valence-electron chi connectivity index (χ3n) is 2.15. The van der Waals surface area contributed by atoms with Gasteiger partial charge in [-0.2, -0.15) is 0 Å². The molecule has 0 heterocycles. The molecule has 0 saturated carbocycles. The van der Waals surface area contributed by atoms with Crippen molar-refractivity contribution in [2.45, 2.75) is 32.1 Å². The Morgan fingerprint density at radius 1 is 1.19 bits per heavy atom. The monoisotopic (exact) mass is 242 g/mol. The lowest BCUT2D eigenvalue weighted by atomic mass is 10.2. The number of ether oxygens (including phenoxy) is 2. The number of halogens is 1. The normalized spacial score (nSPS) is 12.2. The molecule has 2 nitrogen and oxygen atoms in total. The van der Waals surface area contributed by atoms with Gasteiger partial charge in [-0.25, -0.2) is 0 Å². The van der Waals surface area contributed by atoms with Crippen LogP contribution >= 0.6 is 11.6 Å². The first-order valence-corrected chi connectivity index (χ1v) is 6.16. The van der Waals surface area contributed by atoms with Crippen LogP contribution in [0.1, 0.15) is 26.7 Å². The summed E-state index contributed by atoms with van der Waals surface area (Å²) in [5, 5.41) is 0.214. The lowest BCUT2D eigenvalue weighted by Gasteiger charge is -2.11. The molecule has 1 unspecified atom stereocenters. The summed E-state index contributed by atoms with van der Waals surface area (Å²) in [6.07, 6.45) is 1.93. The van der Waals surface area contributed by atoms with E-state index in [4.69, 9.17) is 21.1 Å². The van der Waals surface area contributed by atoms with Gasteiger partial charge in [0.1, 0.15) is 0 Å². The predicted octanol–water partition coefficient (Wildman–Crippen LogP) is 3.87. The minimum atomic E-state index is 0.214. The highest BCUT2D eigenvalue weighted by Crippen LogP contribution is 2.26. The molecular formula is C13H19ClO2. The highest BCUT2D eigenvalue weighted by atomic mass is 35.5. The Morgan fingerprint density at radius 2 is 1.81 bits per heavy atom. The Balaban J connectivity index is 2.40. The van der Waals surface area contributed by atoms with Crippen molar-refractivity contribution >= 4 is 11.6 Å². The zero-order valence-electron chi connectivity index (χ0n) is 9.91. The summed E-state index contributed by atoms with van der Waals surface area (Å²) in [7, 11) is 0. The average molecular weight is 243 g/mol. The lowest BCUT2D eigenvalue weighted by molar-refractivity contribution is 0.271. The molecule has 1 rings (SSSR count). The second-order valence-corrected chi connectivity index (χ2v) is 4.40. The topological polar surface area (TPSA) is 18.5 Å². The Hall–Kier alpha value is -0.890. The summed E-state index contributed by atoms with van der Waals surface area (Å²) in [6.45, 7) is 5.29. The summed E-state index contributed by atoms with van der Waals surface area (Å²) in [6, 6.07) is 7.73. The summed E-state index contributed by atoms with van der Waals surface area (Å²) in [4.78, 5) is 0. The van der Waals surface area contributed by atoms with Crippen LogP contribution in [0.3, 0.4) is 0 Å². The van der Waals surface area contributed by atoms with Crippen LogP contribution in [0, 0.1) is 0 Å². The van der Waals surface area contributed by atoms with E-state index in [0.29, 0.717) is 13.2 Å². The van der Waals surface area contributed by atoms with Crippen LogP contribution < -0.4 is 9.47 Å². The molecule has 0 amide bonds. The van der Waals surface area contributed by atoms with Crippen molar-refractivity contribution in [3.05, 3.63) is 24.3 Å². The quantitative estimate of drug-likeness (QED) is 0.534. The van der Waals surface area contributed by atoms with Crippen molar-refractivity contribution in [3.63, 3.8) is 0 Å². The second-order valence-electron chi connectivity index (χ2n) is 3.65. The van der Waals surface area contributed by atoms with E-state index in [9.17, 15) is 0 Å². The van der Waals surface area contributed by atoms with Crippen molar-refractivity contribution < 1.29 is 9.47 Å². The fourth-order valence-corrected chi connectivity index (χ4v) is 1.55. The van der Waals surface area contributed by atoms with Gasteiger partial charge >= 0.3 is 0 Å². The predicted molar refractivity (Wildman–Crippen MR) is 67.7 cm³/mol. The molecule has 0 radical (unpaired) electrons. The highest BCUT2D eigenvalue weighted by Gasteiger charge is 2.03. The van der Waals surface area contributed by atoms with Crippen molar-refractivity contribution in [1.82, 2.24) is 0 Å². The Morgan fingerprint density at radius 3 is 2.38 bits per heavy atom. The Bertz CT molecular complexity index is 300. The molecule has 0 saturated heterocycles. The molecule has 0 spiro atoms. The van der Waals surface area contributed by atoms with E-state index in [1.54, 1.807) is 0 Å². The third-order valence-corrected chi connectivity index (χ3v) is 2.37. The van der Waals surface area contributed by atoms with Crippen molar-refractivity contribution in [3.8, 4) is 11.5 Å². The zero-order chi connectivity index (χ0) is 11.8. The molecule has 90 valence electrons. The molecule has 1 aromatic rings. The van der Waals surface area contributed by atoms with E-state index < -0.39 is 0 Å². The minimum absolute atomic E-state index is 0.214. The molecule has 3 heteroatoms. The van der Waals surface area contributed by atoms with Gasteiger partial charge in [0.05, 0.1) is 13.2 Å². The van der Waals surface area contributed by atoms with E-state index >= 15 is 0 Å². The van der Waals surface area contributed by atoms with Gasteiger partial charge in [0, 0.05) is 5.38 Å². The van der Waals surface area contributed by atoms with Gasteiger partial charge < -0.3 is 9.47 Å². The number of rotatable bonds is 7. The number of benzene rings is 1. The number of para-hydroxylation sites is 2. The maximum absolute atomic E-state index is 5.86. The Kier molecular flexibility index (Phi) is 6.09. The summed E-state index contributed by atoms with van der Waals surface area (Å²) in [5.74, 6) is 1.62. The zero-order valence-corrected chi connectivity index (χ0v) is 10.7. The van der Waals surface area contributed by atoms with Gasteiger partial charge in [-0.3, -0.25) is 0 Å². The average Bonchev–Trinajstić information content (AvgIpc) is 2.26. The van der Waals surface area contributed by atoms with Crippen LogP contribution in [0.4, 0.5) is 0 Å². The molecule has 0 aliphatic heterocycles. The fourth-order valence-electron chi connectivity index (χ4n) is 1.39. The van der Waals surface area contributed by atoms with Crippen LogP contribution in [-0.4, -0.2) is 18.6 Å². The van der Waals surface area contributed by atoms with E-state index in [1.165, 1.54) is 0 Å². The van der Waals surface area contributed by atoms with Crippen LogP contribution in [-0.2, 0) is 0 Å². The first-order chi connectivity index (χ1) is 7.74. The summed E-state index contributed by atoms with van der Waals surface area (Å²) >= 11 is 5.86. The third kappa shape index (κ3) is 4.75. The lowest BCUT2D eigenvalue weighted by Crippen LogP contribution is -2.02. The van der Waals surface area contributed by atoms with E-state index in [1.807, 2.05) is 38.1 Å². The van der Waals surface area contributed by atoms with E-state index in [2.05, 4.69) is 0 Å². The molecule has 0 aliphatic carbocycles. The van der Waals surface area contributed by atoms with Crippen molar-refractivity contribution in [1.29, 1.82) is 0 Å². The largest absolute Gasteiger partial charge is 0.490 e. The number of hydrogen-bond donors (Lipinski definition) is 0. The molecule has 1 aromatic carbocycles. The van der Waals surface area contributed by atoms with Crippen LogP contribution in [0.15, 0.2) is 24.3 Å². The highest BCUT2D eigenvalue weighted by molar-refractivity contribution is 6.20. The first-order valence-electron chi connectivity index (χ1n) is 5.72. The van der Waals surface area contributed by atoms with Gasteiger partial charge in [-0.15, -0.1) is 11.6 Å². The van der Waals surface area contributed by atoms with Gasteiger partial charge in [0.15, 0.2) is 11.5 Å². The van der Waals surface area contributed by atoms with E-state index in [-0.39, 0.29) is 5.38 Å². The molecule has 0 bridgehead atoms. The van der Waals surface area contributed by atoms with Gasteiger partial charge in [0.2, 0.25) is 0 Å². The van der Waals surface area contributed by atoms with Crippen LogP contribution in [0.2, 0.25) is 0 Å². The van der Waals surface area contributed by atoms with Crippen molar-refractivity contribution in [2.24, 2.45) is 0 Å². The van der Waals surface area contributed by atoms with Gasteiger partial charge in [-0.1, -0.05) is 12.1 Å². The molecular weight excluding hydrogens is 224 g/mol. The minimum Gasteiger partial charge on any atom is -0.490 e. The van der Waals surface area contributed by atoms with E-state index in [0.717, 1.165) is 24.3 Å². The van der Waals surface area contributed by atoms with Crippen molar-refractivity contribution in [2.75, 3.05) is 13.2 Å². The molecule has 0 aromatic heterocycles. The number of alkyl halides is 1. The van der Waals surface area contributed by atoms with Gasteiger partial charge in [0.25, 0.3) is 0 Å². The Labute approximate surface area is 103 Å². The maximum Gasteiger partial charge on any atom is 0.161 e. The standard InChI is InChI=1S/C13H19ClO2/c1-3-15-12-8-4-5-9-13(12)16-10-6-7-11(2)14/h4-5,8-9,11H,3,6-7,10H2,1-2H3. The SMILES string of the molecule is CCOc1ccccc1OCCCC(C)Cl. The van der Waals surface area contributed by atoms with Gasteiger partial charge in [-0.05, 0) is 38.8 Å². The fraction of sp³-hybridized carbons (Fsp3) is 0.538. The van der Waals surface area contributed by atoms with Crippen LogP contribution in [0.5, 0.6) is 11.5 Å². The molecule has 0 aliphatic rings. The first kappa shape index (κ1) is 13.2.